The van der Waals surface area contributed by atoms with Crippen LogP contribution in [0.3, 0.4) is 0 Å². The Labute approximate surface area is 132 Å². The highest BCUT2D eigenvalue weighted by Gasteiger charge is 2.30. The van der Waals surface area contributed by atoms with Gasteiger partial charge < -0.3 is 9.47 Å². The molecule has 0 amide bonds. The summed E-state index contributed by atoms with van der Waals surface area (Å²) in [6.45, 7) is 7.42. The molecule has 0 spiro atoms. The molecule has 1 rings (SSSR count). The van der Waals surface area contributed by atoms with E-state index >= 15 is 0 Å². The SMILES string of the molecule is CCOC(=O)C(C)C(C)OOC(C)(Cc1ccccc1)OC. The van der Waals surface area contributed by atoms with Crippen LogP contribution in [0.1, 0.15) is 33.3 Å². The summed E-state index contributed by atoms with van der Waals surface area (Å²) in [6.07, 6.45) is 0.0921. The van der Waals surface area contributed by atoms with Gasteiger partial charge in [0.2, 0.25) is 5.79 Å². The van der Waals surface area contributed by atoms with E-state index in [1.165, 1.54) is 0 Å². The Morgan fingerprint density at radius 1 is 1.23 bits per heavy atom. The van der Waals surface area contributed by atoms with E-state index in [4.69, 9.17) is 19.2 Å². The topological polar surface area (TPSA) is 54.0 Å². The maximum Gasteiger partial charge on any atom is 0.311 e. The number of rotatable bonds is 9. The molecule has 0 N–H and O–H groups in total. The molecule has 1 aromatic rings. The third-order valence-electron chi connectivity index (χ3n) is 3.54. The minimum absolute atomic E-state index is 0.305. The van der Waals surface area contributed by atoms with Gasteiger partial charge in [-0.25, -0.2) is 9.78 Å². The second kappa shape index (κ2) is 8.88. The van der Waals surface area contributed by atoms with Crippen LogP contribution in [0.4, 0.5) is 0 Å². The molecule has 0 saturated carbocycles. The van der Waals surface area contributed by atoms with Crippen LogP contribution in [0.2, 0.25) is 0 Å². The van der Waals surface area contributed by atoms with Gasteiger partial charge in [0.1, 0.15) is 6.10 Å². The Morgan fingerprint density at radius 3 is 2.41 bits per heavy atom. The van der Waals surface area contributed by atoms with Crippen molar-refractivity contribution in [1.82, 2.24) is 0 Å². The van der Waals surface area contributed by atoms with Gasteiger partial charge >= 0.3 is 5.97 Å². The Hall–Kier alpha value is -1.43. The minimum atomic E-state index is -0.927. The average molecular weight is 310 g/mol. The Balaban J connectivity index is 2.56. The van der Waals surface area contributed by atoms with Gasteiger partial charge in [0, 0.05) is 13.5 Å². The first-order valence-corrected chi connectivity index (χ1v) is 7.52. The first-order chi connectivity index (χ1) is 10.4. The van der Waals surface area contributed by atoms with Crippen LogP contribution in [-0.2, 0) is 30.5 Å². The van der Waals surface area contributed by atoms with E-state index in [1.54, 1.807) is 34.8 Å². The second-order valence-corrected chi connectivity index (χ2v) is 5.43. The average Bonchev–Trinajstić information content (AvgIpc) is 2.53. The van der Waals surface area contributed by atoms with E-state index in [1.807, 2.05) is 30.3 Å². The van der Waals surface area contributed by atoms with Crippen LogP contribution in [0.5, 0.6) is 0 Å². The molecule has 0 saturated heterocycles. The van der Waals surface area contributed by atoms with Crippen molar-refractivity contribution in [3.8, 4) is 0 Å². The second-order valence-electron chi connectivity index (χ2n) is 5.43. The lowest BCUT2D eigenvalue weighted by Gasteiger charge is -2.29. The summed E-state index contributed by atoms with van der Waals surface area (Å²) in [7, 11) is 1.56. The zero-order valence-electron chi connectivity index (χ0n) is 14.0. The van der Waals surface area contributed by atoms with E-state index < -0.39 is 17.8 Å². The van der Waals surface area contributed by atoms with Crippen LogP contribution in [-0.4, -0.2) is 31.6 Å². The van der Waals surface area contributed by atoms with Crippen molar-refractivity contribution in [3.05, 3.63) is 35.9 Å². The summed E-state index contributed by atoms with van der Waals surface area (Å²) >= 11 is 0. The Bertz CT molecular complexity index is 448. The van der Waals surface area contributed by atoms with E-state index in [0.717, 1.165) is 5.56 Å². The summed E-state index contributed by atoms with van der Waals surface area (Å²) in [5, 5.41) is 0. The fourth-order valence-electron chi connectivity index (χ4n) is 1.83. The van der Waals surface area contributed by atoms with E-state index in [2.05, 4.69) is 0 Å². The van der Waals surface area contributed by atoms with Crippen molar-refractivity contribution in [1.29, 1.82) is 0 Å². The lowest BCUT2D eigenvalue weighted by molar-refractivity contribution is -0.437. The molecule has 0 heterocycles. The summed E-state index contributed by atoms with van der Waals surface area (Å²) in [5.74, 6) is -1.65. The first kappa shape index (κ1) is 18.6. The largest absolute Gasteiger partial charge is 0.466 e. The van der Waals surface area contributed by atoms with Gasteiger partial charge in [0.15, 0.2) is 0 Å². The van der Waals surface area contributed by atoms with Crippen molar-refractivity contribution in [2.45, 2.75) is 46.0 Å². The zero-order chi connectivity index (χ0) is 16.6. The van der Waals surface area contributed by atoms with Gasteiger partial charge in [-0.3, -0.25) is 4.79 Å². The maximum atomic E-state index is 11.7. The molecule has 0 aromatic heterocycles. The Morgan fingerprint density at radius 2 is 1.86 bits per heavy atom. The van der Waals surface area contributed by atoms with Crippen LogP contribution < -0.4 is 0 Å². The zero-order valence-corrected chi connectivity index (χ0v) is 14.0. The fourth-order valence-corrected chi connectivity index (χ4v) is 1.83. The summed E-state index contributed by atoms with van der Waals surface area (Å²) in [6, 6.07) is 9.85. The molecule has 0 radical (unpaired) electrons. The van der Waals surface area contributed by atoms with Gasteiger partial charge in [-0.1, -0.05) is 30.3 Å². The highest BCUT2D eigenvalue weighted by molar-refractivity contribution is 5.72. The third kappa shape index (κ3) is 5.75. The van der Waals surface area contributed by atoms with Crippen molar-refractivity contribution in [2.75, 3.05) is 13.7 Å². The van der Waals surface area contributed by atoms with Gasteiger partial charge in [-0.05, 0) is 33.3 Å². The molecule has 3 atom stereocenters. The first-order valence-electron chi connectivity index (χ1n) is 7.52. The molecule has 0 aliphatic heterocycles. The molecule has 0 bridgehead atoms. The molecule has 5 heteroatoms. The maximum absolute atomic E-state index is 11.7. The number of ether oxygens (including phenoxy) is 2. The number of carbonyl (C=O) groups excluding carboxylic acids is 1. The van der Waals surface area contributed by atoms with Crippen LogP contribution in [0.25, 0.3) is 0 Å². The summed E-state index contributed by atoms with van der Waals surface area (Å²) in [4.78, 5) is 22.5. The van der Waals surface area contributed by atoms with Gasteiger partial charge in [-0.15, -0.1) is 0 Å². The lowest BCUT2D eigenvalue weighted by atomic mass is 10.1. The highest BCUT2D eigenvalue weighted by atomic mass is 17.2. The molecule has 1 aromatic carbocycles. The van der Waals surface area contributed by atoms with Crippen LogP contribution >= 0.6 is 0 Å². The molecule has 0 aliphatic carbocycles. The normalized spacial score (nSPS) is 16.6. The predicted octanol–water partition coefficient (Wildman–Crippen LogP) is 3.13. The molecule has 3 unspecified atom stereocenters. The fraction of sp³-hybridized carbons (Fsp3) is 0.588. The molecular formula is C17H26O5. The van der Waals surface area contributed by atoms with Gasteiger partial charge in [-0.2, -0.15) is 0 Å². The van der Waals surface area contributed by atoms with Crippen LogP contribution in [0, 0.1) is 5.92 Å². The van der Waals surface area contributed by atoms with Crippen molar-refractivity contribution < 1.29 is 24.0 Å². The molecule has 5 nitrogen and oxygen atoms in total. The third-order valence-corrected chi connectivity index (χ3v) is 3.54. The predicted molar refractivity (Wildman–Crippen MR) is 83.0 cm³/mol. The molecule has 22 heavy (non-hydrogen) atoms. The lowest BCUT2D eigenvalue weighted by Crippen LogP contribution is -2.37. The number of methoxy groups -OCH3 is 1. The number of carbonyl (C=O) groups is 1. The summed E-state index contributed by atoms with van der Waals surface area (Å²) < 4.78 is 10.4. The van der Waals surface area contributed by atoms with E-state index in [-0.39, 0.29) is 5.97 Å². The minimum Gasteiger partial charge on any atom is -0.466 e. The quantitative estimate of drug-likeness (QED) is 0.303. The smallest absolute Gasteiger partial charge is 0.311 e. The molecular weight excluding hydrogens is 284 g/mol. The Kier molecular flexibility index (Phi) is 7.51. The number of esters is 1. The molecule has 0 aliphatic rings. The van der Waals surface area contributed by atoms with Crippen molar-refractivity contribution >= 4 is 5.97 Å². The van der Waals surface area contributed by atoms with Crippen molar-refractivity contribution in [2.24, 2.45) is 5.92 Å². The van der Waals surface area contributed by atoms with Crippen LogP contribution in [0.15, 0.2) is 30.3 Å². The standard InChI is InChI=1S/C17H26O5/c1-6-20-16(18)13(2)14(3)21-22-17(4,19-5)12-15-10-8-7-9-11-15/h7-11,13-14H,6,12H2,1-5H3. The van der Waals surface area contributed by atoms with E-state index in [9.17, 15) is 4.79 Å². The molecule has 0 fully saturated rings. The van der Waals surface area contributed by atoms with Crippen molar-refractivity contribution in [3.63, 3.8) is 0 Å². The van der Waals surface area contributed by atoms with Gasteiger partial charge in [0.25, 0.3) is 0 Å². The van der Waals surface area contributed by atoms with E-state index in [0.29, 0.717) is 13.0 Å². The molecule has 124 valence electrons. The highest BCUT2D eigenvalue weighted by Crippen LogP contribution is 2.21. The number of benzene rings is 1. The monoisotopic (exact) mass is 310 g/mol. The summed E-state index contributed by atoms with van der Waals surface area (Å²) in [5.41, 5.74) is 1.07. The van der Waals surface area contributed by atoms with Gasteiger partial charge in [0.05, 0.1) is 12.5 Å². The number of hydrogen-bond donors (Lipinski definition) is 0. The number of hydrogen-bond acceptors (Lipinski definition) is 5.